The molecule has 0 amide bonds. The molecule has 2 unspecified atom stereocenters. The Balaban J connectivity index is 5.44. The summed E-state index contributed by atoms with van der Waals surface area (Å²) in [5, 5.41) is 17.8. The highest BCUT2D eigenvalue weighted by Gasteiger charge is 2.52. The number of rotatable bonds is 4. The smallest absolute Gasteiger partial charge is 0.215 e. The van der Waals surface area contributed by atoms with Gasteiger partial charge < -0.3 is 10.2 Å². The van der Waals surface area contributed by atoms with Gasteiger partial charge in [0.1, 0.15) is 11.2 Å². The van der Waals surface area contributed by atoms with Gasteiger partial charge in [-0.15, -0.1) is 0 Å². The number of carbonyl (C=O) groups is 3. The van der Waals surface area contributed by atoms with Crippen LogP contribution in [0.25, 0.3) is 0 Å². The van der Waals surface area contributed by atoms with E-state index in [1.54, 1.807) is 0 Å². The van der Waals surface area contributed by atoms with Gasteiger partial charge >= 0.3 is 0 Å². The summed E-state index contributed by atoms with van der Waals surface area (Å²) in [5.41, 5.74) is -1.93. The Kier molecular flexibility index (Phi) is 5.31. The molecule has 0 bridgehead atoms. The van der Waals surface area contributed by atoms with Crippen molar-refractivity contribution >= 4 is 27.8 Å². The second kappa shape index (κ2) is 5.56. The van der Waals surface area contributed by atoms with E-state index in [1.807, 2.05) is 0 Å². The summed E-state index contributed by atoms with van der Waals surface area (Å²) in [4.78, 5) is 34.1. The van der Waals surface area contributed by atoms with E-state index in [4.69, 9.17) is 0 Å². The van der Waals surface area contributed by atoms with Crippen molar-refractivity contribution in [2.24, 2.45) is 5.41 Å². The molecule has 0 saturated carbocycles. The number of ketones is 1. The zero-order valence-corrected chi connectivity index (χ0v) is 10.5. The minimum absolute atomic E-state index is 0.328. The van der Waals surface area contributed by atoms with Gasteiger partial charge in [0.15, 0.2) is 5.12 Å². The first-order valence-electron chi connectivity index (χ1n) is 4.77. The molecule has 0 heterocycles. The molecule has 0 aromatic carbocycles. The number of Topliss-reactive ketones (excluding diaryl/α,β-unsaturated/α-hetero) is 1. The van der Waals surface area contributed by atoms with E-state index < -0.39 is 33.6 Å². The van der Waals surface area contributed by atoms with Crippen LogP contribution < -0.4 is 0 Å². The van der Waals surface area contributed by atoms with Crippen molar-refractivity contribution in [1.29, 1.82) is 0 Å². The lowest BCUT2D eigenvalue weighted by Crippen LogP contribution is -2.53. The van der Waals surface area contributed by atoms with Crippen molar-refractivity contribution in [3.8, 4) is 0 Å². The molecule has 0 rings (SSSR count). The van der Waals surface area contributed by atoms with Crippen LogP contribution in [0.1, 0.15) is 27.7 Å². The average molecular weight is 248 g/mol. The van der Waals surface area contributed by atoms with E-state index in [1.165, 1.54) is 20.8 Å². The van der Waals surface area contributed by atoms with Crippen LogP contribution in [-0.4, -0.2) is 38.4 Å². The minimum atomic E-state index is -1.93. The Bertz CT molecular complexity index is 300. The highest BCUT2D eigenvalue weighted by atomic mass is 32.2. The molecule has 0 aliphatic rings. The van der Waals surface area contributed by atoms with Crippen molar-refractivity contribution < 1.29 is 24.6 Å². The summed E-state index contributed by atoms with van der Waals surface area (Å²) in [6.07, 6.45) is -2.71. The van der Waals surface area contributed by atoms with Gasteiger partial charge in [-0.25, -0.2) is 0 Å². The molecule has 0 saturated heterocycles. The molecule has 16 heavy (non-hydrogen) atoms. The average Bonchev–Trinajstić information content (AvgIpc) is 1.99. The van der Waals surface area contributed by atoms with Crippen LogP contribution >= 0.6 is 11.8 Å². The predicted octanol–water partition coefficient (Wildman–Crippen LogP) is 0.130. The van der Waals surface area contributed by atoms with Crippen molar-refractivity contribution in [2.75, 3.05) is 0 Å². The predicted molar refractivity (Wildman–Crippen MR) is 59.8 cm³/mol. The molecular weight excluding hydrogens is 232 g/mol. The number of hydrogen-bond acceptors (Lipinski definition) is 6. The van der Waals surface area contributed by atoms with Gasteiger partial charge in [0, 0.05) is 6.92 Å². The zero-order valence-electron chi connectivity index (χ0n) is 9.68. The van der Waals surface area contributed by atoms with Gasteiger partial charge in [-0.3, -0.25) is 14.4 Å². The van der Waals surface area contributed by atoms with Crippen molar-refractivity contribution in [3.63, 3.8) is 0 Å². The molecule has 0 fully saturated rings. The summed E-state index contributed by atoms with van der Waals surface area (Å²) in [5.74, 6) is -0.656. The lowest BCUT2D eigenvalue weighted by molar-refractivity contribution is -0.151. The Morgan fingerprint density at radius 2 is 1.44 bits per heavy atom. The molecule has 0 spiro atoms. The van der Waals surface area contributed by atoms with E-state index in [0.29, 0.717) is 11.8 Å². The molecule has 0 radical (unpaired) electrons. The van der Waals surface area contributed by atoms with Gasteiger partial charge in [-0.1, -0.05) is 0 Å². The van der Waals surface area contributed by atoms with Crippen LogP contribution in [0.15, 0.2) is 0 Å². The topological polar surface area (TPSA) is 91.7 Å². The fourth-order valence-electron chi connectivity index (χ4n) is 1.64. The fourth-order valence-corrected chi connectivity index (χ4v) is 2.55. The van der Waals surface area contributed by atoms with E-state index in [2.05, 4.69) is 0 Å². The molecule has 0 aromatic heterocycles. The maximum Gasteiger partial charge on any atom is 0.215 e. The van der Waals surface area contributed by atoms with Gasteiger partial charge in [0.2, 0.25) is 5.12 Å². The number of carbonyl (C=O) groups excluding carboxylic acids is 3. The van der Waals surface area contributed by atoms with Gasteiger partial charge in [0.25, 0.3) is 0 Å². The van der Waals surface area contributed by atoms with E-state index >= 15 is 0 Å². The largest absolute Gasteiger partial charge is 0.392 e. The lowest BCUT2D eigenvalue weighted by Gasteiger charge is -2.34. The monoisotopic (exact) mass is 248 g/mol. The summed E-state index contributed by atoms with van der Waals surface area (Å²) in [7, 11) is 0. The fraction of sp³-hybridized carbons (Fsp3) is 0.700. The summed E-state index contributed by atoms with van der Waals surface area (Å²) >= 11 is 0.328. The molecule has 0 aliphatic carbocycles. The summed E-state index contributed by atoms with van der Waals surface area (Å²) in [6.45, 7) is 4.77. The molecule has 2 atom stereocenters. The van der Waals surface area contributed by atoms with Crippen LogP contribution in [-0.2, 0) is 14.4 Å². The molecule has 5 nitrogen and oxygen atoms in total. The van der Waals surface area contributed by atoms with Gasteiger partial charge in [0.05, 0.1) is 12.2 Å². The Hall–Kier alpha value is -0.720. The third-order valence-electron chi connectivity index (χ3n) is 2.47. The highest BCUT2D eigenvalue weighted by Crippen LogP contribution is 2.34. The first-order valence-corrected chi connectivity index (χ1v) is 5.59. The second-order valence-corrected chi connectivity index (χ2v) is 4.81. The van der Waals surface area contributed by atoms with Crippen molar-refractivity contribution in [3.05, 3.63) is 0 Å². The molecule has 92 valence electrons. The Morgan fingerprint density at radius 1 is 1.06 bits per heavy atom. The summed E-state index contributed by atoms with van der Waals surface area (Å²) < 4.78 is 0. The van der Waals surface area contributed by atoms with Crippen molar-refractivity contribution in [2.45, 2.75) is 39.9 Å². The van der Waals surface area contributed by atoms with Crippen LogP contribution in [0.3, 0.4) is 0 Å². The summed E-state index contributed by atoms with van der Waals surface area (Å²) in [6, 6.07) is 0. The van der Waals surface area contributed by atoms with E-state index in [-0.39, 0.29) is 0 Å². The van der Waals surface area contributed by atoms with Gasteiger partial charge in [-0.05, 0) is 32.5 Å². The molecule has 0 aliphatic heterocycles. The van der Waals surface area contributed by atoms with Crippen LogP contribution in [0.2, 0.25) is 0 Å². The molecule has 2 N–H and O–H groups in total. The Morgan fingerprint density at radius 3 is 1.62 bits per heavy atom. The van der Waals surface area contributed by atoms with Gasteiger partial charge in [-0.2, -0.15) is 0 Å². The minimum Gasteiger partial charge on any atom is -0.392 e. The number of aliphatic hydroxyl groups is 2. The third-order valence-corrected chi connectivity index (χ3v) is 3.29. The molecule has 6 heteroatoms. The van der Waals surface area contributed by atoms with E-state index in [9.17, 15) is 24.6 Å². The quantitative estimate of drug-likeness (QED) is 0.687. The first-order chi connectivity index (χ1) is 7.17. The van der Waals surface area contributed by atoms with Crippen LogP contribution in [0.4, 0.5) is 0 Å². The normalized spacial score (nSPS) is 18.4. The molecule has 0 aromatic rings. The standard InChI is InChI=1S/C10H16O5S/c1-5(11)10(6(2)12,7(3)13)9(15)16-8(4)14/h5-6,11-12H,1-4H3. The number of aliphatic hydroxyl groups excluding tert-OH is 2. The second-order valence-electron chi connectivity index (χ2n) is 3.66. The first kappa shape index (κ1) is 15.3. The third kappa shape index (κ3) is 2.69. The van der Waals surface area contributed by atoms with Crippen LogP contribution in [0, 0.1) is 5.41 Å². The maximum atomic E-state index is 11.8. The highest BCUT2D eigenvalue weighted by molar-refractivity contribution is 8.26. The number of thioether (sulfide) groups is 1. The number of hydrogen-bond donors (Lipinski definition) is 2. The van der Waals surface area contributed by atoms with Crippen molar-refractivity contribution in [1.82, 2.24) is 0 Å². The van der Waals surface area contributed by atoms with E-state index in [0.717, 1.165) is 6.92 Å². The van der Waals surface area contributed by atoms with Crippen LogP contribution in [0.5, 0.6) is 0 Å². The SMILES string of the molecule is CC(=O)SC(=O)C(C(C)=O)(C(C)O)C(C)O. The maximum absolute atomic E-state index is 11.8. The Labute approximate surface area is 98.2 Å². The lowest BCUT2D eigenvalue weighted by atomic mass is 9.76. The molecular formula is C10H16O5S. The zero-order chi connectivity index (χ0) is 13.1.